The molecule has 0 radical (unpaired) electrons. The van der Waals surface area contributed by atoms with Crippen molar-refractivity contribution in [2.75, 3.05) is 62.8 Å². The molecule has 1 saturated heterocycles. The number of amides is 4. The summed E-state index contributed by atoms with van der Waals surface area (Å²) >= 11 is 0. The Kier molecular flexibility index (Phi) is 6.97. The lowest BCUT2D eigenvalue weighted by molar-refractivity contribution is -0.121. The average molecular weight is 493 g/mol. The van der Waals surface area contributed by atoms with E-state index in [4.69, 9.17) is 9.47 Å². The molecule has 0 spiro atoms. The lowest BCUT2D eigenvalue weighted by Gasteiger charge is -2.33. The highest BCUT2D eigenvalue weighted by atomic mass is 16.5. The highest BCUT2D eigenvalue weighted by Gasteiger charge is 2.34. The molecular formula is C26H28N4O6. The third kappa shape index (κ3) is 4.95. The lowest BCUT2D eigenvalue weighted by Crippen LogP contribution is -2.45. The second-order valence-electron chi connectivity index (χ2n) is 8.93. The molecule has 0 bridgehead atoms. The van der Waals surface area contributed by atoms with E-state index in [1.165, 1.54) is 4.90 Å². The second kappa shape index (κ2) is 10.5. The number of ether oxygens (including phenoxy) is 2. The molecule has 4 amide bonds. The van der Waals surface area contributed by atoms with Crippen molar-refractivity contribution in [3.05, 3.63) is 53.6 Å². The minimum atomic E-state index is -0.326. The lowest BCUT2D eigenvalue weighted by atomic mass is 10.1. The Morgan fingerprint density at radius 3 is 2.33 bits per heavy atom. The zero-order chi connectivity index (χ0) is 25.1. The number of hydrogen-bond acceptors (Lipinski definition) is 7. The predicted molar refractivity (Wildman–Crippen MR) is 131 cm³/mol. The van der Waals surface area contributed by atoms with Gasteiger partial charge in [0.1, 0.15) is 5.75 Å². The Hall–Kier alpha value is -3.76. The molecule has 188 valence electrons. The van der Waals surface area contributed by atoms with Crippen LogP contribution in [0.2, 0.25) is 0 Å². The summed E-state index contributed by atoms with van der Waals surface area (Å²) in [6.45, 7) is 4.45. The predicted octanol–water partition coefficient (Wildman–Crippen LogP) is 1.76. The first-order valence-electron chi connectivity index (χ1n) is 12.1. The monoisotopic (exact) mass is 492 g/mol. The summed E-state index contributed by atoms with van der Waals surface area (Å²) < 4.78 is 11.0. The van der Waals surface area contributed by atoms with Gasteiger partial charge in [-0.25, -0.2) is 0 Å². The van der Waals surface area contributed by atoms with Gasteiger partial charge in [0.2, 0.25) is 5.91 Å². The maximum atomic E-state index is 12.6. The van der Waals surface area contributed by atoms with Gasteiger partial charge in [0, 0.05) is 44.8 Å². The number of nitrogens with one attached hydrogen (secondary N) is 1. The number of anilines is 2. The molecule has 3 aliphatic heterocycles. The smallest absolute Gasteiger partial charge is 0.265 e. The number of carbonyl (C=O) groups excluding carboxylic acids is 4. The van der Waals surface area contributed by atoms with Crippen LogP contribution in [0.4, 0.5) is 11.4 Å². The van der Waals surface area contributed by atoms with Crippen molar-refractivity contribution < 1.29 is 28.7 Å². The maximum absolute atomic E-state index is 12.6. The molecule has 36 heavy (non-hydrogen) atoms. The minimum Gasteiger partial charge on any atom is -0.482 e. The Morgan fingerprint density at radius 1 is 0.889 bits per heavy atom. The zero-order valence-electron chi connectivity index (χ0n) is 19.9. The van der Waals surface area contributed by atoms with Gasteiger partial charge in [0.25, 0.3) is 17.7 Å². The third-order valence-corrected chi connectivity index (χ3v) is 6.59. The van der Waals surface area contributed by atoms with E-state index in [2.05, 4.69) is 10.2 Å². The Morgan fingerprint density at radius 2 is 1.61 bits per heavy atom. The molecular weight excluding hydrogens is 464 g/mol. The molecule has 2 aromatic carbocycles. The van der Waals surface area contributed by atoms with Crippen molar-refractivity contribution in [1.29, 1.82) is 0 Å². The first-order valence-corrected chi connectivity index (χ1v) is 12.1. The highest BCUT2D eigenvalue weighted by Crippen LogP contribution is 2.34. The first kappa shape index (κ1) is 24.0. The van der Waals surface area contributed by atoms with Gasteiger partial charge in [0.15, 0.2) is 6.61 Å². The van der Waals surface area contributed by atoms with Gasteiger partial charge in [-0.15, -0.1) is 0 Å². The average Bonchev–Trinajstić information content (AvgIpc) is 3.14. The van der Waals surface area contributed by atoms with Crippen molar-refractivity contribution in [2.24, 2.45) is 0 Å². The van der Waals surface area contributed by atoms with Crippen LogP contribution in [0.5, 0.6) is 5.75 Å². The minimum absolute atomic E-state index is 0.0143. The summed E-state index contributed by atoms with van der Waals surface area (Å²) in [5, 5.41) is 2.85. The number of hydrogen-bond donors (Lipinski definition) is 1. The van der Waals surface area contributed by atoms with Crippen LogP contribution < -0.4 is 15.0 Å². The van der Waals surface area contributed by atoms with Crippen LogP contribution in [0.15, 0.2) is 42.5 Å². The van der Waals surface area contributed by atoms with Crippen LogP contribution in [0.25, 0.3) is 0 Å². The van der Waals surface area contributed by atoms with E-state index >= 15 is 0 Å². The number of benzene rings is 2. The quantitative estimate of drug-likeness (QED) is 0.560. The molecule has 2 aromatic rings. The molecule has 0 unspecified atom stereocenters. The molecule has 1 N–H and O–H groups in total. The highest BCUT2D eigenvalue weighted by molar-refractivity contribution is 6.21. The van der Waals surface area contributed by atoms with E-state index in [1.807, 2.05) is 0 Å². The molecule has 3 aliphatic rings. The van der Waals surface area contributed by atoms with Crippen LogP contribution in [0.1, 0.15) is 33.6 Å². The molecule has 3 heterocycles. The molecule has 5 rings (SSSR count). The summed E-state index contributed by atoms with van der Waals surface area (Å²) in [6.07, 6.45) is 0.482. The molecule has 0 saturated carbocycles. The SMILES string of the molecule is O=C(CCCN1C(=O)c2ccccc2C1=O)Nc1ccc2c(c1)N(CCN1CCOCC1)C(=O)CO2. The van der Waals surface area contributed by atoms with Crippen molar-refractivity contribution >= 4 is 35.0 Å². The van der Waals surface area contributed by atoms with Crippen LogP contribution in [0.3, 0.4) is 0 Å². The Labute approximate surface area is 208 Å². The number of fused-ring (bicyclic) bond motifs is 2. The summed E-state index contributed by atoms with van der Waals surface area (Å²) in [7, 11) is 0. The number of nitrogens with zero attached hydrogens (tertiary/aromatic N) is 3. The summed E-state index contributed by atoms with van der Waals surface area (Å²) in [5.74, 6) is -0.421. The number of carbonyl (C=O) groups is 4. The molecule has 0 aliphatic carbocycles. The fourth-order valence-electron chi connectivity index (χ4n) is 4.65. The fraction of sp³-hybridized carbons (Fsp3) is 0.385. The van der Waals surface area contributed by atoms with E-state index in [9.17, 15) is 19.2 Å². The molecule has 10 nitrogen and oxygen atoms in total. The van der Waals surface area contributed by atoms with Crippen LogP contribution in [0, 0.1) is 0 Å². The van der Waals surface area contributed by atoms with Gasteiger partial charge >= 0.3 is 0 Å². The van der Waals surface area contributed by atoms with Crippen LogP contribution in [-0.4, -0.2) is 86.0 Å². The number of rotatable bonds is 8. The van der Waals surface area contributed by atoms with Gasteiger partial charge in [-0.05, 0) is 36.8 Å². The van der Waals surface area contributed by atoms with Gasteiger partial charge in [0.05, 0.1) is 30.0 Å². The van der Waals surface area contributed by atoms with E-state index in [0.29, 0.717) is 54.4 Å². The van der Waals surface area contributed by atoms with Crippen molar-refractivity contribution in [3.63, 3.8) is 0 Å². The molecule has 10 heteroatoms. The van der Waals surface area contributed by atoms with Crippen molar-refractivity contribution in [3.8, 4) is 5.75 Å². The first-order chi connectivity index (χ1) is 17.5. The number of imide groups is 1. The van der Waals surface area contributed by atoms with Gasteiger partial charge < -0.3 is 19.7 Å². The van der Waals surface area contributed by atoms with Crippen molar-refractivity contribution in [2.45, 2.75) is 12.8 Å². The van der Waals surface area contributed by atoms with E-state index in [-0.39, 0.29) is 43.2 Å². The standard InChI is InChI=1S/C26H28N4O6/c31-23(6-3-9-30-25(33)19-4-1-2-5-20(19)26(30)34)27-18-7-8-22-21(16-18)29(24(32)17-36-22)11-10-28-12-14-35-15-13-28/h1-2,4-5,7-8,16H,3,6,9-15,17H2,(H,27,31). The summed E-state index contributed by atoms with van der Waals surface area (Å²) in [6, 6.07) is 11.9. The summed E-state index contributed by atoms with van der Waals surface area (Å²) in [5.41, 5.74) is 1.98. The normalized spacial score (nSPS) is 17.6. The largest absolute Gasteiger partial charge is 0.482 e. The van der Waals surface area contributed by atoms with Gasteiger partial charge in [-0.1, -0.05) is 12.1 Å². The Balaban J connectivity index is 1.16. The van der Waals surface area contributed by atoms with Crippen LogP contribution in [-0.2, 0) is 14.3 Å². The van der Waals surface area contributed by atoms with Crippen LogP contribution >= 0.6 is 0 Å². The third-order valence-electron chi connectivity index (χ3n) is 6.59. The maximum Gasteiger partial charge on any atom is 0.265 e. The summed E-state index contributed by atoms with van der Waals surface area (Å²) in [4.78, 5) is 55.2. The Bertz CT molecular complexity index is 1160. The molecule has 0 aromatic heterocycles. The zero-order valence-corrected chi connectivity index (χ0v) is 19.9. The van der Waals surface area contributed by atoms with Crippen molar-refractivity contribution in [1.82, 2.24) is 9.80 Å². The second-order valence-corrected chi connectivity index (χ2v) is 8.93. The van der Waals surface area contributed by atoms with E-state index in [0.717, 1.165) is 19.6 Å². The van der Waals surface area contributed by atoms with Gasteiger partial charge in [-0.3, -0.25) is 29.0 Å². The van der Waals surface area contributed by atoms with E-state index < -0.39 is 0 Å². The fourth-order valence-corrected chi connectivity index (χ4v) is 4.65. The van der Waals surface area contributed by atoms with Gasteiger partial charge in [-0.2, -0.15) is 0 Å². The molecule has 0 atom stereocenters. The molecule has 1 fully saturated rings. The van der Waals surface area contributed by atoms with E-state index in [1.54, 1.807) is 47.4 Å². The topological polar surface area (TPSA) is 108 Å². The number of morpholine rings is 1.